The zero-order valence-electron chi connectivity index (χ0n) is 12.0. The monoisotopic (exact) mass is 244 g/mol. The lowest BCUT2D eigenvalue weighted by atomic mass is 10.0. The molecule has 0 fully saturated rings. The van der Waals surface area contributed by atoms with Crippen molar-refractivity contribution in [2.45, 2.75) is 59.2 Å². The molecule has 4 nitrogen and oxygen atoms in total. The van der Waals surface area contributed by atoms with Gasteiger partial charge in [-0.05, 0) is 26.2 Å². The summed E-state index contributed by atoms with van der Waals surface area (Å²) < 4.78 is 5.15. The maximum Gasteiger partial charge on any atom is 0.237 e. The number of carbonyl (C=O) groups is 1. The molecule has 0 aromatic rings. The van der Waals surface area contributed by atoms with E-state index >= 15 is 0 Å². The van der Waals surface area contributed by atoms with Crippen LogP contribution in [0.25, 0.3) is 0 Å². The molecule has 3 unspecified atom stereocenters. The van der Waals surface area contributed by atoms with Gasteiger partial charge in [-0.3, -0.25) is 4.79 Å². The van der Waals surface area contributed by atoms with Gasteiger partial charge in [0.25, 0.3) is 0 Å². The van der Waals surface area contributed by atoms with Crippen molar-refractivity contribution in [3.63, 3.8) is 0 Å². The second kappa shape index (κ2) is 8.48. The van der Waals surface area contributed by atoms with Crippen LogP contribution in [0.5, 0.6) is 0 Å². The molecule has 102 valence electrons. The third-order valence-corrected chi connectivity index (χ3v) is 3.01. The zero-order chi connectivity index (χ0) is 13.4. The summed E-state index contributed by atoms with van der Waals surface area (Å²) >= 11 is 0. The van der Waals surface area contributed by atoms with E-state index in [0.29, 0.717) is 12.5 Å². The predicted octanol–water partition coefficient (Wildman–Crippen LogP) is 1.55. The van der Waals surface area contributed by atoms with Gasteiger partial charge in [-0.2, -0.15) is 0 Å². The van der Waals surface area contributed by atoms with E-state index in [9.17, 15) is 4.79 Å². The number of nitrogens with one attached hydrogen (secondary N) is 2. The van der Waals surface area contributed by atoms with E-state index in [0.717, 1.165) is 6.42 Å². The van der Waals surface area contributed by atoms with Gasteiger partial charge in [-0.1, -0.05) is 20.8 Å². The standard InChI is InChI=1S/C13H28N2O2/c1-7-10(4)14-13(16)11(5)15-12(8-17-6)9(2)3/h9-12,15H,7-8H2,1-6H3,(H,14,16). The van der Waals surface area contributed by atoms with Gasteiger partial charge in [0, 0.05) is 19.2 Å². The number of ether oxygens (including phenoxy) is 1. The number of hydrogen-bond acceptors (Lipinski definition) is 3. The van der Waals surface area contributed by atoms with Crippen LogP contribution < -0.4 is 10.6 Å². The smallest absolute Gasteiger partial charge is 0.237 e. The highest BCUT2D eigenvalue weighted by Gasteiger charge is 2.20. The van der Waals surface area contributed by atoms with Crippen molar-refractivity contribution >= 4 is 5.91 Å². The fraction of sp³-hybridized carbons (Fsp3) is 0.923. The average Bonchev–Trinajstić information content (AvgIpc) is 2.27. The highest BCUT2D eigenvalue weighted by molar-refractivity contribution is 5.81. The summed E-state index contributed by atoms with van der Waals surface area (Å²) in [7, 11) is 1.68. The molecule has 4 heteroatoms. The van der Waals surface area contributed by atoms with E-state index in [1.165, 1.54) is 0 Å². The molecule has 2 N–H and O–H groups in total. The molecule has 0 rings (SSSR count). The van der Waals surface area contributed by atoms with Crippen molar-refractivity contribution in [1.29, 1.82) is 0 Å². The van der Waals surface area contributed by atoms with E-state index in [4.69, 9.17) is 4.74 Å². The van der Waals surface area contributed by atoms with Crippen LogP contribution in [0.2, 0.25) is 0 Å². The Hall–Kier alpha value is -0.610. The second-order valence-electron chi connectivity index (χ2n) is 5.01. The second-order valence-corrected chi connectivity index (χ2v) is 5.01. The van der Waals surface area contributed by atoms with E-state index in [1.807, 2.05) is 13.8 Å². The fourth-order valence-corrected chi connectivity index (χ4v) is 1.48. The van der Waals surface area contributed by atoms with E-state index in [2.05, 4.69) is 31.4 Å². The van der Waals surface area contributed by atoms with Gasteiger partial charge in [0.1, 0.15) is 0 Å². The Kier molecular flexibility index (Phi) is 8.17. The quantitative estimate of drug-likeness (QED) is 0.681. The van der Waals surface area contributed by atoms with Crippen molar-refractivity contribution in [3.8, 4) is 0 Å². The van der Waals surface area contributed by atoms with Crippen LogP contribution in [0.3, 0.4) is 0 Å². The number of carbonyl (C=O) groups excluding carboxylic acids is 1. The van der Waals surface area contributed by atoms with Crippen molar-refractivity contribution in [3.05, 3.63) is 0 Å². The van der Waals surface area contributed by atoms with Crippen LogP contribution in [-0.2, 0) is 9.53 Å². The highest BCUT2D eigenvalue weighted by atomic mass is 16.5. The summed E-state index contributed by atoms with van der Waals surface area (Å²) in [6.07, 6.45) is 0.949. The largest absolute Gasteiger partial charge is 0.383 e. The summed E-state index contributed by atoms with van der Waals surface area (Å²) in [6, 6.07) is 0.246. The molecule has 0 saturated carbocycles. The Morgan fingerprint density at radius 2 is 1.82 bits per heavy atom. The van der Waals surface area contributed by atoms with E-state index in [1.54, 1.807) is 7.11 Å². The average molecular weight is 244 g/mol. The van der Waals surface area contributed by atoms with Crippen LogP contribution in [0.15, 0.2) is 0 Å². The normalized spacial score (nSPS) is 16.6. The molecule has 1 amide bonds. The van der Waals surface area contributed by atoms with Crippen molar-refractivity contribution in [1.82, 2.24) is 10.6 Å². The number of rotatable bonds is 8. The molecule has 0 saturated heterocycles. The van der Waals surface area contributed by atoms with E-state index < -0.39 is 0 Å². The summed E-state index contributed by atoms with van der Waals surface area (Å²) in [5.41, 5.74) is 0. The molecule has 0 bridgehead atoms. The molecule has 0 aliphatic rings. The minimum atomic E-state index is -0.188. The first-order chi connectivity index (χ1) is 7.92. The van der Waals surface area contributed by atoms with Crippen molar-refractivity contribution < 1.29 is 9.53 Å². The Morgan fingerprint density at radius 3 is 2.24 bits per heavy atom. The Morgan fingerprint density at radius 1 is 1.24 bits per heavy atom. The number of amides is 1. The maximum atomic E-state index is 11.9. The van der Waals surface area contributed by atoms with Gasteiger partial charge in [0.15, 0.2) is 0 Å². The Bertz CT molecular complexity index is 219. The molecule has 0 aliphatic carbocycles. The molecule has 0 aromatic heterocycles. The first-order valence-electron chi connectivity index (χ1n) is 6.47. The third kappa shape index (κ3) is 6.64. The molecule has 0 radical (unpaired) electrons. The molecular weight excluding hydrogens is 216 g/mol. The maximum absolute atomic E-state index is 11.9. The lowest BCUT2D eigenvalue weighted by Gasteiger charge is -2.26. The summed E-state index contributed by atoms with van der Waals surface area (Å²) in [4.78, 5) is 11.9. The first kappa shape index (κ1) is 16.4. The Labute approximate surface area is 105 Å². The van der Waals surface area contributed by atoms with Gasteiger partial charge < -0.3 is 15.4 Å². The SMILES string of the molecule is CCC(C)NC(=O)C(C)NC(COC)C(C)C. The molecule has 0 heterocycles. The lowest BCUT2D eigenvalue weighted by molar-refractivity contribution is -0.123. The third-order valence-electron chi connectivity index (χ3n) is 3.01. The molecular formula is C13H28N2O2. The number of methoxy groups -OCH3 is 1. The van der Waals surface area contributed by atoms with Gasteiger partial charge in [0.2, 0.25) is 5.91 Å². The Balaban J connectivity index is 4.20. The van der Waals surface area contributed by atoms with Crippen LogP contribution in [0.1, 0.15) is 41.0 Å². The molecule has 0 aromatic carbocycles. The molecule has 3 atom stereocenters. The predicted molar refractivity (Wildman–Crippen MR) is 71.0 cm³/mol. The van der Waals surface area contributed by atoms with Crippen molar-refractivity contribution in [2.24, 2.45) is 5.92 Å². The highest BCUT2D eigenvalue weighted by Crippen LogP contribution is 2.03. The summed E-state index contributed by atoms with van der Waals surface area (Å²) in [5, 5.41) is 6.28. The number of hydrogen-bond donors (Lipinski definition) is 2. The minimum absolute atomic E-state index is 0.0566. The van der Waals surface area contributed by atoms with Gasteiger partial charge >= 0.3 is 0 Å². The summed E-state index contributed by atoms with van der Waals surface area (Å²) in [6.45, 7) is 10.8. The van der Waals surface area contributed by atoms with E-state index in [-0.39, 0.29) is 24.0 Å². The molecule has 17 heavy (non-hydrogen) atoms. The molecule has 0 aliphatic heterocycles. The lowest BCUT2D eigenvalue weighted by Crippen LogP contribution is -2.51. The van der Waals surface area contributed by atoms with Gasteiger partial charge in [-0.15, -0.1) is 0 Å². The van der Waals surface area contributed by atoms with Gasteiger partial charge in [-0.25, -0.2) is 0 Å². The van der Waals surface area contributed by atoms with Crippen LogP contribution >= 0.6 is 0 Å². The topological polar surface area (TPSA) is 50.4 Å². The minimum Gasteiger partial charge on any atom is -0.383 e. The van der Waals surface area contributed by atoms with Crippen LogP contribution in [0, 0.1) is 5.92 Å². The van der Waals surface area contributed by atoms with Crippen LogP contribution in [-0.4, -0.2) is 37.7 Å². The van der Waals surface area contributed by atoms with Crippen LogP contribution in [0.4, 0.5) is 0 Å². The molecule has 0 spiro atoms. The zero-order valence-corrected chi connectivity index (χ0v) is 12.0. The summed E-state index contributed by atoms with van der Waals surface area (Å²) in [5.74, 6) is 0.495. The van der Waals surface area contributed by atoms with Gasteiger partial charge in [0.05, 0.1) is 12.6 Å². The fourth-order valence-electron chi connectivity index (χ4n) is 1.48. The first-order valence-corrected chi connectivity index (χ1v) is 6.47. The van der Waals surface area contributed by atoms with Crippen molar-refractivity contribution in [2.75, 3.05) is 13.7 Å².